The van der Waals surface area contributed by atoms with Crippen molar-refractivity contribution in [2.75, 3.05) is 45.4 Å². The van der Waals surface area contributed by atoms with E-state index in [0.717, 1.165) is 75.8 Å². The molecule has 46 heavy (non-hydrogen) atoms. The Morgan fingerprint density at radius 3 is 2.43 bits per heavy atom. The SMILES string of the molecule is COc1ccc(C2(C3=CC=CCC3)C=Cc3c4c(c5cc(N6CCOCC6)c(OC)cc5c3O2)-c2ccc(Cl)cc2C4(C)C)cc1. The summed E-state index contributed by atoms with van der Waals surface area (Å²) in [5.41, 5.74) is 8.36. The first-order chi connectivity index (χ1) is 22.4. The van der Waals surface area contributed by atoms with Gasteiger partial charge in [-0.15, -0.1) is 0 Å². The Kier molecular flexibility index (Phi) is 6.97. The molecule has 0 aromatic heterocycles. The van der Waals surface area contributed by atoms with Gasteiger partial charge in [0, 0.05) is 40.0 Å². The Hall–Kier alpha value is -4.19. The van der Waals surface area contributed by atoms with E-state index in [1.54, 1.807) is 14.2 Å². The third-order valence-electron chi connectivity index (χ3n) is 10.3. The average molecular weight is 632 g/mol. The minimum absolute atomic E-state index is 0.298. The maximum Gasteiger partial charge on any atom is 0.174 e. The summed E-state index contributed by atoms with van der Waals surface area (Å²) in [5, 5.41) is 2.94. The van der Waals surface area contributed by atoms with Crippen LogP contribution in [0.5, 0.6) is 17.2 Å². The van der Waals surface area contributed by atoms with Crippen LogP contribution in [-0.2, 0) is 15.8 Å². The number of fused-ring (bicyclic) bond motifs is 8. The fourth-order valence-corrected chi connectivity index (χ4v) is 8.12. The van der Waals surface area contributed by atoms with Gasteiger partial charge in [-0.2, -0.15) is 0 Å². The van der Waals surface area contributed by atoms with Gasteiger partial charge in [0.15, 0.2) is 5.60 Å². The summed E-state index contributed by atoms with van der Waals surface area (Å²) >= 11 is 6.64. The maximum absolute atomic E-state index is 7.51. The van der Waals surface area contributed by atoms with Crippen LogP contribution in [0.3, 0.4) is 0 Å². The minimum Gasteiger partial charge on any atom is -0.497 e. The molecule has 4 aromatic carbocycles. The molecule has 0 N–H and O–H groups in total. The van der Waals surface area contributed by atoms with E-state index in [1.165, 1.54) is 27.8 Å². The molecule has 0 bridgehead atoms. The maximum atomic E-state index is 7.51. The van der Waals surface area contributed by atoms with Crippen molar-refractivity contribution < 1.29 is 18.9 Å². The molecule has 2 heterocycles. The summed E-state index contributed by atoms with van der Waals surface area (Å²) < 4.78 is 24.9. The van der Waals surface area contributed by atoms with Crippen LogP contribution >= 0.6 is 11.6 Å². The molecule has 1 fully saturated rings. The van der Waals surface area contributed by atoms with E-state index >= 15 is 0 Å². The van der Waals surface area contributed by atoms with E-state index in [0.29, 0.717) is 13.2 Å². The van der Waals surface area contributed by atoms with E-state index in [4.69, 9.17) is 30.5 Å². The number of benzene rings is 4. The molecule has 234 valence electrons. The van der Waals surface area contributed by atoms with Crippen LogP contribution in [0.2, 0.25) is 5.02 Å². The molecule has 4 aliphatic rings. The molecule has 2 aliphatic heterocycles. The second-order valence-electron chi connectivity index (χ2n) is 13.0. The quantitative estimate of drug-likeness (QED) is 0.220. The van der Waals surface area contributed by atoms with Gasteiger partial charge in [0.05, 0.1) is 33.1 Å². The lowest BCUT2D eigenvalue weighted by Gasteiger charge is -2.40. The monoisotopic (exact) mass is 631 g/mol. The minimum atomic E-state index is -0.778. The van der Waals surface area contributed by atoms with Crippen molar-refractivity contribution in [2.24, 2.45) is 0 Å². The first-order valence-corrected chi connectivity index (χ1v) is 16.5. The summed E-state index contributed by atoms with van der Waals surface area (Å²) in [6.45, 7) is 7.63. The van der Waals surface area contributed by atoms with Crippen molar-refractivity contribution in [3.8, 4) is 28.4 Å². The van der Waals surface area contributed by atoms with Crippen LogP contribution in [0, 0.1) is 0 Å². The Bertz CT molecular complexity index is 1970. The van der Waals surface area contributed by atoms with Gasteiger partial charge in [0.25, 0.3) is 0 Å². The van der Waals surface area contributed by atoms with Crippen LogP contribution < -0.4 is 19.1 Å². The van der Waals surface area contributed by atoms with E-state index in [9.17, 15) is 0 Å². The van der Waals surface area contributed by atoms with E-state index in [-0.39, 0.29) is 5.41 Å². The van der Waals surface area contributed by atoms with Gasteiger partial charge in [0.1, 0.15) is 17.2 Å². The van der Waals surface area contributed by atoms with Gasteiger partial charge >= 0.3 is 0 Å². The van der Waals surface area contributed by atoms with Crippen LogP contribution in [0.25, 0.3) is 28.0 Å². The summed E-state index contributed by atoms with van der Waals surface area (Å²) in [4.78, 5) is 2.37. The molecule has 0 spiro atoms. The zero-order valence-electron chi connectivity index (χ0n) is 26.8. The molecule has 0 saturated carbocycles. The van der Waals surface area contributed by atoms with Gasteiger partial charge in [-0.3, -0.25) is 0 Å². The van der Waals surface area contributed by atoms with E-state index in [2.05, 4.69) is 85.5 Å². The molecule has 2 aliphatic carbocycles. The summed E-state index contributed by atoms with van der Waals surface area (Å²) in [6.07, 6.45) is 13.0. The Balaban J connectivity index is 1.44. The van der Waals surface area contributed by atoms with Gasteiger partial charge in [-0.05, 0) is 88.5 Å². The third-order valence-corrected chi connectivity index (χ3v) is 10.5. The van der Waals surface area contributed by atoms with Crippen LogP contribution in [0.4, 0.5) is 5.69 Å². The van der Waals surface area contributed by atoms with Crippen molar-refractivity contribution in [2.45, 2.75) is 37.7 Å². The summed E-state index contributed by atoms with van der Waals surface area (Å²) in [7, 11) is 3.46. The highest BCUT2D eigenvalue weighted by Gasteiger charge is 2.45. The highest BCUT2D eigenvalue weighted by atomic mass is 35.5. The average Bonchev–Trinajstić information content (AvgIpc) is 3.34. The number of rotatable bonds is 5. The lowest BCUT2D eigenvalue weighted by atomic mass is 9.75. The Morgan fingerprint density at radius 2 is 1.72 bits per heavy atom. The Labute approximate surface area is 275 Å². The molecule has 5 nitrogen and oxygen atoms in total. The fourth-order valence-electron chi connectivity index (χ4n) is 7.95. The number of nitrogens with zero attached hydrogens (tertiary/aromatic N) is 1. The topological polar surface area (TPSA) is 40.2 Å². The van der Waals surface area contributed by atoms with Crippen molar-refractivity contribution >= 4 is 34.1 Å². The fraction of sp³-hybridized carbons (Fsp3) is 0.300. The van der Waals surface area contributed by atoms with Crippen molar-refractivity contribution in [3.63, 3.8) is 0 Å². The largest absolute Gasteiger partial charge is 0.497 e. The lowest BCUT2D eigenvalue weighted by molar-refractivity contribution is 0.122. The molecule has 8 rings (SSSR count). The normalized spacial score (nSPS) is 20.9. The van der Waals surface area contributed by atoms with Gasteiger partial charge in [-0.25, -0.2) is 0 Å². The predicted octanol–water partition coefficient (Wildman–Crippen LogP) is 9.23. The third kappa shape index (κ3) is 4.32. The van der Waals surface area contributed by atoms with Crippen molar-refractivity contribution in [3.05, 3.63) is 112 Å². The van der Waals surface area contributed by atoms with Crippen LogP contribution in [-0.4, -0.2) is 40.5 Å². The van der Waals surface area contributed by atoms with E-state index in [1.807, 2.05) is 18.2 Å². The molecule has 6 heteroatoms. The van der Waals surface area contributed by atoms with Crippen molar-refractivity contribution in [1.29, 1.82) is 0 Å². The van der Waals surface area contributed by atoms with Gasteiger partial charge in [-0.1, -0.05) is 68.0 Å². The van der Waals surface area contributed by atoms with Crippen molar-refractivity contribution in [1.82, 2.24) is 0 Å². The zero-order chi connectivity index (χ0) is 31.6. The summed E-state index contributed by atoms with van der Waals surface area (Å²) in [6, 6.07) is 19.1. The number of anilines is 1. The number of hydrogen-bond donors (Lipinski definition) is 0. The first kappa shape index (κ1) is 29.2. The van der Waals surface area contributed by atoms with Crippen LogP contribution in [0.15, 0.2) is 84.5 Å². The van der Waals surface area contributed by atoms with Gasteiger partial charge < -0.3 is 23.8 Å². The second kappa shape index (κ2) is 11.0. The lowest BCUT2D eigenvalue weighted by Crippen LogP contribution is -2.36. The van der Waals surface area contributed by atoms with Crippen LogP contribution in [0.1, 0.15) is 48.9 Å². The van der Waals surface area contributed by atoms with Gasteiger partial charge in [0.2, 0.25) is 0 Å². The highest BCUT2D eigenvalue weighted by Crippen LogP contribution is 2.59. The molecule has 4 aromatic rings. The molecule has 0 amide bonds. The molecule has 1 saturated heterocycles. The molecular formula is C40H38ClNO4. The Morgan fingerprint density at radius 1 is 0.913 bits per heavy atom. The smallest absolute Gasteiger partial charge is 0.174 e. The molecule has 1 atom stereocenters. The first-order valence-electron chi connectivity index (χ1n) is 16.1. The van der Waals surface area contributed by atoms with E-state index < -0.39 is 5.60 Å². The summed E-state index contributed by atoms with van der Waals surface area (Å²) in [5.74, 6) is 2.53. The predicted molar refractivity (Wildman–Crippen MR) is 187 cm³/mol. The number of ether oxygens (including phenoxy) is 4. The number of allylic oxidation sites excluding steroid dienone is 3. The second-order valence-corrected chi connectivity index (χ2v) is 13.5. The molecule has 1 unspecified atom stereocenters. The number of methoxy groups -OCH3 is 2. The standard InChI is InChI=1S/C40H38ClNO4/c1-39(2)33-22-27(41)12-15-29(33)36-31-23-34(42-18-20-45-21-19-42)35(44-4)24-32(31)38-30(37(36)39)16-17-40(46-38,25-8-6-5-7-9-25)26-10-13-28(43-3)14-11-26/h5-6,8,10-17,22-24H,7,9,18-21H2,1-4H3. The number of morpholine rings is 1. The molecular weight excluding hydrogens is 594 g/mol. The zero-order valence-corrected chi connectivity index (χ0v) is 27.5. The number of halogens is 1. The molecule has 0 radical (unpaired) electrons. The number of hydrogen-bond acceptors (Lipinski definition) is 5. The highest BCUT2D eigenvalue weighted by molar-refractivity contribution is 6.31.